The van der Waals surface area contributed by atoms with E-state index in [1.54, 1.807) is 0 Å². The van der Waals surface area contributed by atoms with Crippen LogP contribution in [0.1, 0.15) is 35.7 Å². The first kappa shape index (κ1) is 22.7. The van der Waals surface area contributed by atoms with Gasteiger partial charge in [0.1, 0.15) is 17.1 Å². The summed E-state index contributed by atoms with van der Waals surface area (Å²) < 4.78 is 8.87. The molecule has 2 aromatic heterocycles. The monoisotopic (exact) mass is 529 g/mol. The van der Waals surface area contributed by atoms with Crippen LogP contribution in [0.4, 0.5) is 11.6 Å². The third-order valence-corrected chi connectivity index (χ3v) is 8.77. The number of para-hydroxylation sites is 1. The molecule has 0 saturated heterocycles. The quantitative estimate of drug-likeness (QED) is 0.230. The number of allylic oxidation sites excluding steroid dienone is 1. The fourth-order valence-electron chi connectivity index (χ4n) is 6.89. The minimum Gasteiger partial charge on any atom is -0.438 e. The highest BCUT2D eigenvalue weighted by molar-refractivity contribution is 6.09. The van der Waals surface area contributed by atoms with Gasteiger partial charge in [0.05, 0.1) is 11.6 Å². The van der Waals surface area contributed by atoms with Gasteiger partial charge in [0.2, 0.25) is 5.88 Å². The van der Waals surface area contributed by atoms with Crippen LogP contribution in [0.2, 0.25) is 0 Å². The average molecular weight is 530 g/mol. The number of furan rings is 1. The number of hydrogen-bond donors (Lipinski definition) is 1. The van der Waals surface area contributed by atoms with Crippen molar-refractivity contribution in [2.75, 3.05) is 5.32 Å². The van der Waals surface area contributed by atoms with E-state index in [-0.39, 0.29) is 6.04 Å². The lowest BCUT2D eigenvalue weighted by Gasteiger charge is -2.22. The van der Waals surface area contributed by atoms with Crippen LogP contribution in [0, 0.1) is 0 Å². The summed E-state index contributed by atoms with van der Waals surface area (Å²) in [5.74, 6) is 1.77. The fraction of sp³-hybridized carbons (Fsp3) is 0.108. The van der Waals surface area contributed by atoms with Crippen molar-refractivity contribution in [3.05, 3.63) is 126 Å². The van der Waals surface area contributed by atoms with Crippen LogP contribution in [0.25, 0.3) is 49.5 Å². The lowest BCUT2D eigenvalue weighted by molar-refractivity contribution is 0.615. The Bertz CT molecular complexity index is 2220. The van der Waals surface area contributed by atoms with E-state index in [1.165, 1.54) is 49.3 Å². The number of nitrogens with zero attached hydrogens (tertiary/aromatic N) is 2. The van der Waals surface area contributed by atoms with E-state index >= 15 is 0 Å². The van der Waals surface area contributed by atoms with Gasteiger partial charge < -0.3 is 14.3 Å². The van der Waals surface area contributed by atoms with Gasteiger partial charge in [-0.2, -0.15) is 0 Å². The van der Waals surface area contributed by atoms with Crippen molar-refractivity contribution < 1.29 is 4.42 Å². The first-order chi connectivity index (χ1) is 20.3. The molecule has 0 saturated carbocycles. The van der Waals surface area contributed by atoms with Gasteiger partial charge in [-0.15, -0.1) is 0 Å². The van der Waals surface area contributed by atoms with Crippen molar-refractivity contribution in [2.24, 2.45) is 4.99 Å². The van der Waals surface area contributed by atoms with Crippen molar-refractivity contribution in [2.45, 2.75) is 25.3 Å². The summed E-state index contributed by atoms with van der Waals surface area (Å²) in [6.07, 6.45) is 7.35. The number of hydrogen-bond acceptors (Lipinski definition) is 3. The second-order valence-electron chi connectivity index (χ2n) is 11.1. The zero-order valence-corrected chi connectivity index (χ0v) is 22.5. The summed E-state index contributed by atoms with van der Waals surface area (Å²) in [5.41, 5.74) is 6.84. The van der Waals surface area contributed by atoms with Crippen molar-refractivity contribution in [3.63, 3.8) is 0 Å². The minimum absolute atomic E-state index is 0.0191. The van der Waals surface area contributed by atoms with Crippen molar-refractivity contribution >= 4 is 66.9 Å². The molecule has 196 valence electrons. The molecule has 1 aliphatic heterocycles. The zero-order valence-electron chi connectivity index (χ0n) is 22.5. The van der Waals surface area contributed by atoms with Crippen LogP contribution < -0.4 is 5.32 Å². The molecule has 4 heteroatoms. The van der Waals surface area contributed by atoms with Gasteiger partial charge in [0.15, 0.2) is 0 Å². The molecule has 4 nitrogen and oxygen atoms in total. The molecule has 0 spiro atoms. The second kappa shape index (κ2) is 8.70. The summed E-state index contributed by atoms with van der Waals surface area (Å²) in [6.45, 7) is 0. The average Bonchev–Trinajstić information content (AvgIpc) is 3.46. The normalized spacial score (nSPS) is 16.5. The molecular weight excluding hydrogens is 502 g/mol. The summed E-state index contributed by atoms with van der Waals surface area (Å²) >= 11 is 0. The van der Waals surface area contributed by atoms with E-state index in [0.29, 0.717) is 0 Å². The summed E-state index contributed by atoms with van der Waals surface area (Å²) in [4.78, 5) is 5.46. The van der Waals surface area contributed by atoms with E-state index in [4.69, 9.17) is 9.41 Å². The number of fused-ring (bicyclic) bond motifs is 8. The molecule has 3 heterocycles. The number of benzene rings is 5. The van der Waals surface area contributed by atoms with E-state index in [9.17, 15) is 0 Å². The molecule has 0 amide bonds. The molecule has 1 atom stereocenters. The molecule has 5 aromatic carbocycles. The van der Waals surface area contributed by atoms with Crippen LogP contribution in [0.3, 0.4) is 0 Å². The molecule has 0 fully saturated rings. The highest BCUT2D eigenvalue weighted by Gasteiger charge is 2.29. The Morgan fingerprint density at radius 2 is 1.51 bits per heavy atom. The maximum Gasteiger partial charge on any atom is 0.220 e. The zero-order chi connectivity index (χ0) is 26.9. The maximum atomic E-state index is 6.42. The van der Waals surface area contributed by atoms with Gasteiger partial charge in [0.25, 0.3) is 0 Å². The van der Waals surface area contributed by atoms with E-state index < -0.39 is 0 Å². The van der Waals surface area contributed by atoms with Gasteiger partial charge in [-0.25, -0.2) is 4.99 Å². The lowest BCUT2D eigenvalue weighted by Crippen LogP contribution is -2.21. The Morgan fingerprint density at radius 1 is 0.756 bits per heavy atom. The van der Waals surface area contributed by atoms with Crippen LogP contribution >= 0.6 is 0 Å². The highest BCUT2D eigenvalue weighted by Crippen LogP contribution is 2.44. The lowest BCUT2D eigenvalue weighted by atomic mass is 9.96. The molecule has 1 N–H and O–H groups in total. The minimum atomic E-state index is -0.0191. The predicted octanol–water partition coefficient (Wildman–Crippen LogP) is 9.79. The summed E-state index contributed by atoms with van der Waals surface area (Å²) in [7, 11) is 0. The Kier molecular flexibility index (Phi) is 4.82. The molecule has 0 radical (unpaired) electrons. The molecule has 1 aliphatic carbocycles. The van der Waals surface area contributed by atoms with E-state index in [2.05, 4.69) is 113 Å². The molecule has 7 aromatic rings. The molecule has 0 bridgehead atoms. The first-order valence-corrected chi connectivity index (χ1v) is 14.4. The fourth-order valence-corrected chi connectivity index (χ4v) is 6.89. The van der Waals surface area contributed by atoms with Crippen LogP contribution in [0.5, 0.6) is 0 Å². The Labute approximate surface area is 237 Å². The largest absolute Gasteiger partial charge is 0.438 e. The van der Waals surface area contributed by atoms with Crippen molar-refractivity contribution in [3.8, 4) is 0 Å². The number of aliphatic imine (C=N–C) groups is 1. The van der Waals surface area contributed by atoms with E-state index in [1.807, 2.05) is 12.1 Å². The molecular formula is C37H27N3O. The maximum absolute atomic E-state index is 6.42. The Balaban J connectivity index is 1.34. The smallest absolute Gasteiger partial charge is 0.220 e. The number of rotatable bonds is 1. The van der Waals surface area contributed by atoms with Crippen molar-refractivity contribution in [1.82, 2.24) is 4.57 Å². The number of anilines is 1. The van der Waals surface area contributed by atoms with Crippen molar-refractivity contribution in [1.29, 1.82) is 0 Å². The van der Waals surface area contributed by atoms with Gasteiger partial charge in [0, 0.05) is 28.5 Å². The van der Waals surface area contributed by atoms with Crippen LogP contribution in [-0.2, 0) is 6.42 Å². The standard InChI is InChI=1S/C37H27N3O/c1-2-12-25-21-33-30(20-24(25)11-1)28-15-5-7-18-32(28)40(33)35-22-31(27-17-9-13-23-10-3-4-14-26(23)27)38-37-36(39-35)29-16-6-8-19-34(29)41-37/h1-6,8-17,19-21,31,38H,7,18,22H2. The first-order valence-electron chi connectivity index (χ1n) is 14.4. The molecule has 1 unspecified atom stereocenters. The number of nitrogens with one attached hydrogen (secondary N) is 1. The third-order valence-electron chi connectivity index (χ3n) is 8.77. The summed E-state index contributed by atoms with van der Waals surface area (Å²) in [6, 6.07) is 36.8. The van der Waals surface area contributed by atoms with Gasteiger partial charge >= 0.3 is 0 Å². The van der Waals surface area contributed by atoms with E-state index in [0.717, 1.165) is 47.6 Å². The Hall–Kier alpha value is -5.09. The van der Waals surface area contributed by atoms with Gasteiger partial charge in [-0.05, 0) is 64.2 Å². The SMILES string of the molecule is C1=Cc2c(n(C3=Nc4c(oc5ccccc45)NC(c4cccc5ccccc45)C3)c3cc4ccccc4cc23)CC1. The summed E-state index contributed by atoms with van der Waals surface area (Å²) in [5, 5.41) is 11.1. The Morgan fingerprint density at radius 3 is 2.41 bits per heavy atom. The molecule has 2 aliphatic rings. The van der Waals surface area contributed by atoms with Gasteiger partial charge in [-0.1, -0.05) is 91.0 Å². The van der Waals surface area contributed by atoms with Crippen LogP contribution in [-0.4, -0.2) is 10.4 Å². The predicted molar refractivity (Wildman–Crippen MR) is 170 cm³/mol. The molecule has 9 rings (SSSR count). The third kappa shape index (κ3) is 3.44. The second-order valence-corrected chi connectivity index (χ2v) is 11.1. The number of aromatic nitrogens is 1. The molecule has 41 heavy (non-hydrogen) atoms. The highest BCUT2D eigenvalue weighted by atomic mass is 16.4. The van der Waals surface area contributed by atoms with Crippen LogP contribution in [0.15, 0.2) is 119 Å². The van der Waals surface area contributed by atoms with Gasteiger partial charge in [-0.3, -0.25) is 0 Å². The topological polar surface area (TPSA) is 42.5 Å².